The highest BCUT2D eigenvalue weighted by Gasteiger charge is 2.31. The van der Waals surface area contributed by atoms with Crippen LogP contribution < -0.4 is 0 Å². The summed E-state index contributed by atoms with van der Waals surface area (Å²) < 4.78 is 11.5. The minimum absolute atomic E-state index is 0.209. The number of hydrogen-bond donors (Lipinski definition) is 1. The van der Waals surface area contributed by atoms with Gasteiger partial charge in [-0.05, 0) is 24.8 Å². The Hall–Kier alpha value is -1.65. The Bertz CT molecular complexity index is 497. The van der Waals surface area contributed by atoms with Gasteiger partial charge in [0, 0.05) is 6.42 Å². The SMILES string of the molecule is CCC[C@H]1OC(=O)CCC/C=C/[C@H](O)[C@@H]1OCc1ccccc1. The average Bonchev–Trinajstić information content (AvgIpc) is 2.55. The van der Waals surface area contributed by atoms with Crippen LogP contribution in [0.2, 0.25) is 0 Å². The van der Waals surface area contributed by atoms with Crippen molar-refractivity contribution in [1.29, 1.82) is 0 Å². The molecule has 0 spiro atoms. The average molecular weight is 318 g/mol. The van der Waals surface area contributed by atoms with Gasteiger partial charge in [0.05, 0.1) is 6.61 Å². The van der Waals surface area contributed by atoms with Gasteiger partial charge in [-0.25, -0.2) is 0 Å². The predicted octanol–water partition coefficient (Wildman–Crippen LogP) is 3.38. The maximum Gasteiger partial charge on any atom is 0.306 e. The smallest absolute Gasteiger partial charge is 0.306 e. The summed E-state index contributed by atoms with van der Waals surface area (Å²) in [5, 5.41) is 10.4. The molecule has 2 rings (SSSR count). The van der Waals surface area contributed by atoms with E-state index >= 15 is 0 Å². The first-order chi connectivity index (χ1) is 11.2. The van der Waals surface area contributed by atoms with E-state index in [0.29, 0.717) is 19.4 Å². The molecule has 3 atom stereocenters. The van der Waals surface area contributed by atoms with E-state index in [0.717, 1.165) is 24.8 Å². The number of aliphatic hydroxyl groups is 1. The van der Waals surface area contributed by atoms with Crippen molar-refractivity contribution >= 4 is 5.97 Å². The molecule has 1 N–H and O–H groups in total. The van der Waals surface area contributed by atoms with Crippen molar-refractivity contribution in [2.24, 2.45) is 0 Å². The van der Waals surface area contributed by atoms with E-state index in [4.69, 9.17) is 9.47 Å². The van der Waals surface area contributed by atoms with Crippen molar-refractivity contribution in [1.82, 2.24) is 0 Å². The fourth-order valence-electron chi connectivity index (χ4n) is 2.70. The number of ether oxygens (including phenoxy) is 2. The Kier molecular flexibility index (Phi) is 7.30. The molecule has 1 aliphatic heterocycles. The molecule has 23 heavy (non-hydrogen) atoms. The number of aliphatic hydroxyl groups excluding tert-OH is 1. The molecular formula is C19H26O4. The van der Waals surface area contributed by atoms with Crippen molar-refractivity contribution in [2.45, 2.75) is 63.9 Å². The van der Waals surface area contributed by atoms with Crippen molar-refractivity contribution in [3.8, 4) is 0 Å². The van der Waals surface area contributed by atoms with E-state index in [1.807, 2.05) is 43.3 Å². The quantitative estimate of drug-likeness (QED) is 0.668. The van der Waals surface area contributed by atoms with Gasteiger partial charge in [0.2, 0.25) is 0 Å². The van der Waals surface area contributed by atoms with Crippen LogP contribution in [0.3, 0.4) is 0 Å². The monoisotopic (exact) mass is 318 g/mol. The standard InChI is InChI=1S/C19H26O4/c1-2-9-17-19(22-14-15-10-5-3-6-11-15)16(20)12-7-4-8-13-18(21)23-17/h3,5-7,10-12,16-17,19-20H,2,4,8-9,13-14H2,1H3/b12-7+/t16-,17+,19-/m0/s1. The molecule has 0 amide bonds. The van der Waals surface area contributed by atoms with Crippen LogP contribution in [0.15, 0.2) is 42.5 Å². The van der Waals surface area contributed by atoms with Crippen LogP contribution in [0.1, 0.15) is 44.6 Å². The summed E-state index contributed by atoms with van der Waals surface area (Å²) in [4.78, 5) is 11.9. The second-order valence-corrected chi connectivity index (χ2v) is 5.89. The molecule has 0 fully saturated rings. The van der Waals surface area contributed by atoms with Gasteiger partial charge in [-0.2, -0.15) is 0 Å². The van der Waals surface area contributed by atoms with Crippen LogP contribution >= 0.6 is 0 Å². The third-order valence-electron chi connectivity index (χ3n) is 3.93. The van der Waals surface area contributed by atoms with Crippen molar-refractivity contribution in [3.05, 3.63) is 48.0 Å². The summed E-state index contributed by atoms with van der Waals surface area (Å²) in [5.41, 5.74) is 1.03. The Morgan fingerprint density at radius 1 is 1.30 bits per heavy atom. The molecule has 1 aromatic carbocycles. The van der Waals surface area contributed by atoms with E-state index < -0.39 is 18.3 Å². The van der Waals surface area contributed by atoms with Crippen LogP contribution in [-0.4, -0.2) is 29.4 Å². The van der Waals surface area contributed by atoms with Crippen LogP contribution in [0.5, 0.6) is 0 Å². The summed E-state index contributed by atoms with van der Waals surface area (Å²) in [5.74, 6) is -0.209. The minimum atomic E-state index is -0.777. The third-order valence-corrected chi connectivity index (χ3v) is 3.93. The van der Waals surface area contributed by atoms with Crippen molar-refractivity contribution < 1.29 is 19.4 Å². The highest BCUT2D eigenvalue weighted by molar-refractivity contribution is 5.69. The summed E-state index contributed by atoms with van der Waals surface area (Å²) >= 11 is 0. The molecule has 1 aliphatic rings. The van der Waals surface area contributed by atoms with Crippen LogP contribution in [0.4, 0.5) is 0 Å². The number of carbonyl (C=O) groups excluding carboxylic acids is 1. The molecule has 1 heterocycles. The molecule has 4 heteroatoms. The normalized spacial score (nSPS) is 27.2. The van der Waals surface area contributed by atoms with E-state index in [-0.39, 0.29) is 5.97 Å². The molecule has 0 unspecified atom stereocenters. The molecule has 0 bridgehead atoms. The first kappa shape index (κ1) is 17.7. The second-order valence-electron chi connectivity index (χ2n) is 5.89. The molecule has 0 radical (unpaired) electrons. The fraction of sp³-hybridized carbons (Fsp3) is 0.526. The maximum absolute atomic E-state index is 11.9. The lowest BCUT2D eigenvalue weighted by Crippen LogP contribution is -2.41. The second kappa shape index (κ2) is 9.48. The number of rotatable bonds is 5. The molecule has 0 aromatic heterocycles. The lowest BCUT2D eigenvalue weighted by atomic mass is 10.0. The molecule has 0 saturated heterocycles. The highest BCUT2D eigenvalue weighted by Crippen LogP contribution is 2.20. The van der Waals surface area contributed by atoms with Crippen LogP contribution in [-0.2, 0) is 20.9 Å². The van der Waals surface area contributed by atoms with E-state index in [2.05, 4.69) is 0 Å². The van der Waals surface area contributed by atoms with Crippen LogP contribution in [0, 0.1) is 0 Å². The number of cyclic esters (lactones) is 1. The summed E-state index contributed by atoms with van der Waals surface area (Å²) in [7, 11) is 0. The zero-order valence-corrected chi connectivity index (χ0v) is 13.7. The molecule has 1 aromatic rings. The number of benzene rings is 1. The lowest BCUT2D eigenvalue weighted by molar-refractivity contribution is -0.165. The topological polar surface area (TPSA) is 55.8 Å². The van der Waals surface area contributed by atoms with Gasteiger partial charge in [0.25, 0.3) is 0 Å². The van der Waals surface area contributed by atoms with Gasteiger partial charge in [0.1, 0.15) is 18.3 Å². The Morgan fingerprint density at radius 3 is 2.83 bits per heavy atom. The van der Waals surface area contributed by atoms with Gasteiger partial charge >= 0.3 is 5.97 Å². The van der Waals surface area contributed by atoms with E-state index in [9.17, 15) is 9.90 Å². The Balaban J connectivity index is 2.11. The molecular weight excluding hydrogens is 292 g/mol. The number of carbonyl (C=O) groups is 1. The van der Waals surface area contributed by atoms with E-state index in [1.54, 1.807) is 6.08 Å². The molecule has 0 saturated carbocycles. The van der Waals surface area contributed by atoms with Crippen molar-refractivity contribution in [3.63, 3.8) is 0 Å². The van der Waals surface area contributed by atoms with Gasteiger partial charge in [0.15, 0.2) is 0 Å². The molecule has 126 valence electrons. The van der Waals surface area contributed by atoms with E-state index in [1.165, 1.54) is 0 Å². The maximum atomic E-state index is 11.9. The highest BCUT2D eigenvalue weighted by atomic mass is 16.6. The first-order valence-corrected chi connectivity index (χ1v) is 8.40. The largest absolute Gasteiger partial charge is 0.459 e. The van der Waals surface area contributed by atoms with Gasteiger partial charge in [-0.1, -0.05) is 55.8 Å². The summed E-state index contributed by atoms with van der Waals surface area (Å²) in [6.07, 6.45) is 5.39. The fourth-order valence-corrected chi connectivity index (χ4v) is 2.70. The van der Waals surface area contributed by atoms with Crippen LogP contribution in [0.25, 0.3) is 0 Å². The zero-order chi connectivity index (χ0) is 16.5. The lowest BCUT2D eigenvalue weighted by Gasteiger charge is -2.30. The molecule has 4 nitrogen and oxygen atoms in total. The van der Waals surface area contributed by atoms with Crippen molar-refractivity contribution in [2.75, 3.05) is 0 Å². The number of allylic oxidation sites excluding steroid dienone is 1. The first-order valence-electron chi connectivity index (χ1n) is 8.40. The van der Waals surface area contributed by atoms with Gasteiger partial charge in [-0.15, -0.1) is 0 Å². The van der Waals surface area contributed by atoms with Gasteiger partial charge < -0.3 is 14.6 Å². The minimum Gasteiger partial charge on any atom is -0.459 e. The Labute approximate surface area is 138 Å². The third kappa shape index (κ3) is 5.81. The summed E-state index contributed by atoms with van der Waals surface area (Å²) in [6.45, 7) is 2.41. The Morgan fingerprint density at radius 2 is 2.09 bits per heavy atom. The zero-order valence-electron chi connectivity index (χ0n) is 13.7. The predicted molar refractivity (Wildman–Crippen MR) is 88.8 cm³/mol. The molecule has 0 aliphatic carbocycles. The summed E-state index contributed by atoms with van der Waals surface area (Å²) in [6, 6.07) is 9.80. The van der Waals surface area contributed by atoms with Gasteiger partial charge in [-0.3, -0.25) is 4.79 Å². The number of esters is 1. The number of hydrogen-bond acceptors (Lipinski definition) is 4.